The summed E-state index contributed by atoms with van der Waals surface area (Å²) in [6.07, 6.45) is 8.22. The van der Waals surface area contributed by atoms with Crippen molar-refractivity contribution < 1.29 is 0 Å². The maximum absolute atomic E-state index is 6.66. The summed E-state index contributed by atoms with van der Waals surface area (Å²) in [7, 11) is 1.79. The van der Waals surface area contributed by atoms with Gasteiger partial charge in [-0.05, 0) is 31.7 Å². The van der Waals surface area contributed by atoms with Crippen LogP contribution < -0.4 is 10.6 Å². The van der Waals surface area contributed by atoms with Crippen LogP contribution in [0.5, 0.6) is 0 Å². The van der Waals surface area contributed by atoms with Gasteiger partial charge in [0.25, 0.3) is 0 Å². The molecule has 0 aliphatic carbocycles. The maximum atomic E-state index is 6.66. The van der Waals surface area contributed by atoms with Gasteiger partial charge in [0.15, 0.2) is 5.65 Å². The van der Waals surface area contributed by atoms with Crippen molar-refractivity contribution in [1.82, 2.24) is 29.9 Å². The van der Waals surface area contributed by atoms with E-state index in [9.17, 15) is 0 Å². The van der Waals surface area contributed by atoms with E-state index in [1.54, 1.807) is 7.05 Å². The van der Waals surface area contributed by atoms with Crippen molar-refractivity contribution in [2.24, 2.45) is 12.8 Å². The second-order valence-electron chi connectivity index (χ2n) is 8.14. The van der Waals surface area contributed by atoms with Gasteiger partial charge in [0.05, 0.1) is 11.2 Å². The zero-order valence-corrected chi connectivity index (χ0v) is 16.8. The van der Waals surface area contributed by atoms with Crippen LogP contribution in [0.1, 0.15) is 25.7 Å². The second kappa shape index (κ2) is 6.14. The zero-order chi connectivity index (χ0) is 19.7. The van der Waals surface area contributed by atoms with Crippen molar-refractivity contribution in [1.29, 1.82) is 0 Å². The molecule has 148 valence electrons. The fraction of sp³-hybridized carbons (Fsp3) is 0.400. The highest BCUT2D eigenvalue weighted by molar-refractivity contribution is 6.38. The van der Waals surface area contributed by atoms with Crippen LogP contribution in [0.25, 0.3) is 33.3 Å². The third-order valence-electron chi connectivity index (χ3n) is 6.28. The summed E-state index contributed by atoms with van der Waals surface area (Å²) >= 11 is 6.66. The number of H-pyrrole nitrogens is 1. The number of aromatic amines is 1. The molecule has 4 aromatic rings. The molecule has 2 aliphatic rings. The molecule has 5 heterocycles. The lowest BCUT2D eigenvalue weighted by atomic mass is 9.98. The number of benzene rings is 1. The number of nitrogens with one attached hydrogen (secondary N) is 1. The van der Waals surface area contributed by atoms with Crippen molar-refractivity contribution in [3.05, 3.63) is 29.5 Å². The monoisotopic (exact) mass is 408 g/mol. The highest BCUT2D eigenvalue weighted by Crippen LogP contribution is 2.39. The molecular weight excluding hydrogens is 388 g/mol. The minimum absolute atomic E-state index is 0.302. The zero-order valence-electron chi connectivity index (χ0n) is 16.0. The Morgan fingerprint density at radius 3 is 2.69 bits per heavy atom. The van der Waals surface area contributed by atoms with E-state index >= 15 is 0 Å². The molecule has 1 aromatic carbocycles. The summed E-state index contributed by atoms with van der Waals surface area (Å²) in [5, 5.41) is 9.27. The highest BCUT2D eigenvalue weighted by Gasteiger charge is 2.40. The van der Waals surface area contributed by atoms with E-state index in [1.807, 2.05) is 24.5 Å². The third kappa shape index (κ3) is 2.55. The number of rotatable bonds is 2. The summed E-state index contributed by atoms with van der Waals surface area (Å²) in [5.74, 6) is 0.931. The molecule has 0 amide bonds. The summed E-state index contributed by atoms with van der Waals surface area (Å²) in [5.41, 5.74) is 11.0. The van der Waals surface area contributed by atoms with Gasteiger partial charge in [0.2, 0.25) is 0 Å². The summed E-state index contributed by atoms with van der Waals surface area (Å²) in [6, 6.07) is 5.13. The van der Waals surface area contributed by atoms with Crippen molar-refractivity contribution in [2.45, 2.75) is 43.8 Å². The number of piperidine rings is 1. The number of aromatic nitrogens is 6. The predicted molar refractivity (Wildman–Crippen MR) is 113 cm³/mol. The molecule has 3 N–H and O–H groups in total. The normalized spacial score (nSPS) is 24.1. The van der Waals surface area contributed by atoms with Crippen LogP contribution in [0, 0.1) is 0 Å². The van der Waals surface area contributed by atoms with Gasteiger partial charge in [0, 0.05) is 42.5 Å². The molecule has 0 spiro atoms. The SMILES string of the molecule is Cn1nc2ccc(-c3c[nH]c4nc(N5C6CCC5CC(N)C6)cnc34)c(Cl)c2n1. The first-order chi connectivity index (χ1) is 14.1. The van der Waals surface area contributed by atoms with Gasteiger partial charge in [-0.3, -0.25) is 0 Å². The Bertz CT molecular complexity index is 1230. The van der Waals surface area contributed by atoms with E-state index in [1.165, 1.54) is 17.6 Å². The van der Waals surface area contributed by atoms with E-state index in [2.05, 4.69) is 20.1 Å². The summed E-state index contributed by atoms with van der Waals surface area (Å²) < 4.78 is 0. The number of fused-ring (bicyclic) bond motifs is 4. The van der Waals surface area contributed by atoms with Gasteiger partial charge in [0.1, 0.15) is 22.4 Å². The van der Waals surface area contributed by atoms with E-state index < -0.39 is 0 Å². The van der Waals surface area contributed by atoms with E-state index in [-0.39, 0.29) is 0 Å². The van der Waals surface area contributed by atoms with Crippen LogP contribution in [0.2, 0.25) is 5.02 Å². The number of aryl methyl sites for hydroxylation is 1. The first-order valence-corrected chi connectivity index (χ1v) is 10.3. The fourth-order valence-electron chi connectivity index (χ4n) is 5.07. The molecule has 2 bridgehead atoms. The van der Waals surface area contributed by atoms with Gasteiger partial charge in [-0.25, -0.2) is 9.97 Å². The third-order valence-corrected chi connectivity index (χ3v) is 6.67. The summed E-state index contributed by atoms with van der Waals surface area (Å²) in [6.45, 7) is 0. The molecule has 2 unspecified atom stereocenters. The first-order valence-electron chi connectivity index (χ1n) is 9.96. The van der Waals surface area contributed by atoms with Crippen molar-refractivity contribution in [3.63, 3.8) is 0 Å². The van der Waals surface area contributed by atoms with Crippen LogP contribution >= 0.6 is 11.6 Å². The molecule has 0 saturated carbocycles. The highest BCUT2D eigenvalue weighted by atomic mass is 35.5. The predicted octanol–water partition coefficient (Wildman–Crippen LogP) is 3.02. The van der Waals surface area contributed by atoms with E-state index in [0.29, 0.717) is 28.7 Å². The fourth-order valence-corrected chi connectivity index (χ4v) is 5.37. The van der Waals surface area contributed by atoms with E-state index in [0.717, 1.165) is 46.5 Å². The average Bonchev–Trinajstić information content (AvgIpc) is 3.36. The Morgan fingerprint density at radius 2 is 1.90 bits per heavy atom. The molecule has 2 saturated heterocycles. The Balaban J connectivity index is 1.42. The van der Waals surface area contributed by atoms with Gasteiger partial charge >= 0.3 is 0 Å². The Morgan fingerprint density at radius 1 is 1.10 bits per heavy atom. The van der Waals surface area contributed by atoms with E-state index in [4.69, 9.17) is 27.3 Å². The average molecular weight is 409 g/mol. The van der Waals surface area contributed by atoms with Gasteiger partial charge in [-0.15, -0.1) is 0 Å². The summed E-state index contributed by atoms with van der Waals surface area (Å²) in [4.78, 5) is 16.9. The second-order valence-corrected chi connectivity index (χ2v) is 8.51. The lowest BCUT2D eigenvalue weighted by Crippen LogP contribution is -2.47. The number of nitrogens with zero attached hydrogens (tertiary/aromatic N) is 6. The molecule has 29 heavy (non-hydrogen) atoms. The van der Waals surface area contributed by atoms with Gasteiger partial charge < -0.3 is 15.6 Å². The topological polar surface area (TPSA) is 102 Å². The Kier molecular flexibility index (Phi) is 3.64. The molecule has 0 radical (unpaired) electrons. The number of hydrogen-bond acceptors (Lipinski definition) is 6. The minimum atomic E-state index is 0.302. The number of halogens is 1. The van der Waals surface area contributed by atoms with Gasteiger partial charge in [-0.1, -0.05) is 17.7 Å². The number of hydrogen-bond donors (Lipinski definition) is 2. The van der Waals surface area contributed by atoms with Crippen LogP contribution in [0.3, 0.4) is 0 Å². The van der Waals surface area contributed by atoms with Crippen LogP contribution in [0.15, 0.2) is 24.5 Å². The molecule has 6 rings (SSSR count). The Hall–Kier alpha value is -2.71. The molecule has 2 fully saturated rings. The number of anilines is 1. The van der Waals surface area contributed by atoms with Crippen molar-refractivity contribution in [3.8, 4) is 11.1 Å². The standard InChI is InChI=1S/C20H21ClN8/c1-28-26-15-5-4-13(17(21)19(15)27-28)14-8-24-20-18(14)23-9-16(25-20)29-11-2-3-12(29)7-10(22)6-11/h4-5,8-12H,2-3,6-7,22H2,1H3,(H,24,25). The molecule has 2 atom stereocenters. The smallest absolute Gasteiger partial charge is 0.159 e. The molecule has 9 heteroatoms. The largest absolute Gasteiger partial charge is 0.349 e. The van der Waals surface area contributed by atoms with Crippen LogP contribution in [-0.4, -0.2) is 48.1 Å². The van der Waals surface area contributed by atoms with Crippen molar-refractivity contribution >= 4 is 39.6 Å². The maximum Gasteiger partial charge on any atom is 0.159 e. The van der Waals surface area contributed by atoms with Gasteiger partial charge in [-0.2, -0.15) is 15.0 Å². The minimum Gasteiger partial charge on any atom is -0.349 e. The molecule has 3 aromatic heterocycles. The number of nitrogens with two attached hydrogens (primary N) is 1. The molecular formula is C20H21ClN8. The quantitative estimate of drug-likeness (QED) is 0.528. The van der Waals surface area contributed by atoms with Crippen molar-refractivity contribution in [2.75, 3.05) is 4.90 Å². The Labute approximate surface area is 172 Å². The lowest BCUT2D eigenvalue weighted by molar-refractivity contribution is 0.412. The first kappa shape index (κ1) is 17.2. The van der Waals surface area contributed by atoms with Crippen LogP contribution in [-0.2, 0) is 7.05 Å². The van der Waals surface area contributed by atoms with Crippen LogP contribution in [0.4, 0.5) is 5.82 Å². The molecule has 8 nitrogen and oxygen atoms in total. The lowest BCUT2D eigenvalue weighted by Gasteiger charge is -2.38. The molecule has 2 aliphatic heterocycles.